The highest BCUT2D eigenvalue weighted by molar-refractivity contribution is 6.76. The lowest BCUT2D eigenvalue weighted by molar-refractivity contribution is 0.189. The first-order valence-corrected chi connectivity index (χ1v) is 10.0. The van der Waals surface area contributed by atoms with Crippen molar-refractivity contribution >= 4 is 116 Å². The lowest BCUT2D eigenvalue weighted by atomic mass is 9.96. The van der Waals surface area contributed by atoms with Crippen LogP contribution >= 0.6 is 116 Å². The average Bonchev–Trinajstić information content (AvgIpc) is 2.42. The summed E-state index contributed by atoms with van der Waals surface area (Å²) in [6, 6.07) is 4.50. The SMILES string of the molecule is [O]CCCc1ccc(C(Cl)(Cl)C(Cl)(Cl)Cl)cc1C(Cl)(Cl)C(Cl)(Cl)Cl. The van der Waals surface area contributed by atoms with Gasteiger partial charge in [0.2, 0.25) is 7.59 Å². The Bertz CT molecular complexity index is 573. The van der Waals surface area contributed by atoms with Gasteiger partial charge < -0.3 is 0 Å². The molecule has 0 aromatic heterocycles. The van der Waals surface area contributed by atoms with Crippen LogP contribution in [-0.2, 0) is 20.2 Å². The predicted octanol–water partition coefficient (Wildman–Crippen LogP) is 8.05. The molecular formula is C13H9Cl10O. The summed E-state index contributed by atoms with van der Waals surface area (Å²) in [7, 11) is 0. The van der Waals surface area contributed by atoms with Crippen molar-refractivity contribution in [1.29, 1.82) is 0 Å². The molecule has 1 nitrogen and oxygen atoms in total. The van der Waals surface area contributed by atoms with E-state index in [0.717, 1.165) is 0 Å². The first-order chi connectivity index (χ1) is 10.7. The summed E-state index contributed by atoms with van der Waals surface area (Å²) in [4.78, 5) is 0. The minimum absolute atomic E-state index is 0.187. The van der Waals surface area contributed by atoms with Crippen LogP contribution in [-0.4, -0.2) is 14.2 Å². The van der Waals surface area contributed by atoms with Crippen molar-refractivity contribution in [3.8, 4) is 0 Å². The molecule has 0 unspecified atom stereocenters. The Morgan fingerprint density at radius 2 is 1.25 bits per heavy atom. The smallest absolute Gasteiger partial charge is 0.227 e. The standard InChI is InChI=1S/C13H9Cl10O/c14-10(15,12(18,19)20)8-4-3-7(2-1-5-24)9(6-8)11(16,17)13(21,22)23/h3-4,6H,1-2,5H2. The fourth-order valence-corrected chi connectivity index (χ4v) is 3.08. The zero-order valence-corrected chi connectivity index (χ0v) is 19.1. The molecule has 0 saturated carbocycles. The number of hydrogen-bond donors (Lipinski definition) is 0. The van der Waals surface area contributed by atoms with Gasteiger partial charge in [-0.15, -0.1) is 0 Å². The van der Waals surface area contributed by atoms with Gasteiger partial charge in [-0.2, -0.15) is 0 Å². The number of rotatable bonds is 5. The lowest BCUT2D eigenvalue weighted by Crippen LogP contribution is -2.32. The van der Waals surface area contributed by atoms with Gasteiger partial charge in [0.25, 0.3) is 0 Å². The summed E-state index contributed by atoms with van der Waals surface area (Å²) in [5.41, 5.74) is 0.975. The Hall–Kier alpha value is 2.08. The van der Waals surface area contributed by atoms with Crippen LogP contribution in [0.5, 0.6) is 0 Å². The summed E-state index contributed by atoms with van der Waals surface area (Å²) in [6.07, 6.45) is 0.680. The van der Waals surface area contributed by atoms with Crippen LogP contribution in [0.1, 0.15) is 23.1 Å². The molecule has 0 aliphatic carbocycles. The van der Waals surface area contributed by atoms with E-state index in [4.69, 9.17) is 116 Å². The van der Waals surface area contributed by atoms with E-state index in [1.165, 1.54) is 12.1 Å². The van der Waals surface area contributed by atoms with Crippen molar-refractivity contribution in [1.82, 2.24) is 0 Å². The molecule has 0 bridgehead atoms. The largest absolute Gasteiger partial charge is 0.237 e. The molecule has 1 radical (unpaired) electrons. The fourth-order valence-electron chi connectivity index (χ4n) is 1.86. The van der Waals surface area contributed by atoms with E-state index in [0.29, 0.717) is 18.4 Å². The van der Waals surface area contributed by atoms with Gasteiger partial charge in [-0.25, -0.2) is 5.11 Å². The van der Waals surface area contributed by atoms with Crippen molar-refractivity contribution in [3.63, 3.8) is 0 Å². The molecule has 11 heteroatoms. The number of benzene rings is 1. The van der Waals surface area contributed by atoms with Crippen molar-refractivity contribution < 1.29 is 5.11 Å². The third kappa shape index (κ3) is 5.32. The number of hydrogen-bond acceptors (Lipinski definition) is 0. The summed E-state index contributed by atoms with van der Waals surface area (Å²) < 4.78 is -8.00. The maximum atomic E-state index is 10.8. The van der Waals surface area contributed by atoms with E-state index >= 15 is 0 Å². The quantitative estimate of drug-likeness (QED) is 0.340. The second-order valence-corrected chi connectivity index (χ2v) is 12.0. The molecule has 0 saturated heterocycles. The van der Waals surface area contributed by atoms with Gasteiger partial charge >= 0.3 is 0 Å². The highest BCUT2D eigenvalue weighted by Crippen LogP contribution is 2.57. The second kappa shape index (κ2) is 8.62. The molecule has 0 N–H and O–H groups in total. The summed E-state index contributed by atoms with van der Waals surface area (Å²) in [6.45, 7) is -0.296. The first-order valence-electron chi connectivity index (χ1n) is 6.27. The Balaban J connectivity index is 3.55. The minimum Gasteiger partial charge on any atom is -0.237 e. The second-order valence-electron chi connectivity index (χ2n) is 4.82. The van der Waals surface area contributed by atoms with Crippen molar-refractivity contribution in [2.24, 2.45) is 0 Å². The maximum Gasteiger partial charge on any atom is 0.227 e. The molecule has 0 atom stereocenters. The van der Waals surface area contributed by atoms with Gasteiger partial charge in [-0.05, 0) is 35.6 Å². The first kappa shape index (κ1) is 24.1. The van der Waals surface area contributed by atoms with Crippen LogP contribution in [0.3, 0.4) is 0 Å². The number of alkyl halides is 10. The monoisotopic (exact) mass is 531 g/mol. The van der Waals surface area contributed by atoms with Gasteiger partial charge in [0.05, 0.1) is 6.61 Å². The number of halogens is 10. The third-order valence-electron chi connectivity index (χ3n) is 3.11. The van der Waals surface area contributed by atoms with Crippen LogP contribution in [0.4, 0.5) is 0 Å². The van der Waals surface area contributed by atoms with Gasteiger partial charge in [0, 0.05) is 0 Å². The van der Waals surface area contributed by atoms with Crippen LogP contribution in [0, 0.1) is 0 Å². The molecule has 0 heterocycles. The van der Waals surface area contributed by atoms with Crippen molar-refractivity contribution in [2.75, 3.05) is 6.61 Å². The van der Waals surface area contributed by atoms with Gasteiger partial charge in [-0.3, -0.25) is 0 Å². The van der Waals surface area contributed by atoms with Gasteiger partial charge in [-0.1, -0.05) is 128 Å². The van der Waals surface area contributed by atoms with Crippen LogP contribution in [0.2, 0.25) is 0 Å². The van der Waals surface area contributed by atoms with E-state index in [1.54, 1.807) is 6.07 Å². The van der Waals surface area contributed by atoms with Gasteiger partial charge in [0.15, 0.2) is 8.67 Å². The van der Waals surface area contributed by atoms with Crippen molar-refractivity contribution in [3.05, 3.63) is 34.9 Å². The van der Waals surface area contributed by atoms with E-state index in [9.17, 15) is 5.11 Å². The van der Waals surface area contributed by atoms with E-state index in [-0.39, 0.29) is 17.7 Å². The molecule has 0 amide bonds. The Kier molecular flexibility index (Phi) is 8.66. The topological polar surface area (TPSA) is 19.9 Å². The molecule has 0 aliphatic heterocycles. The highest BCUT2D eigenvalue weighted by Gasteiger charge is 2.51. The van der Waals surface area contributed by atoms with Crippen molar-refractivity contribution in [2.45, 2.75) is 29.1 Å². The molecule has 0 aliphatic rings. The van der Waals surface area contributed by atoms with Crippen LogP contribution < -0.4 is 0 Å². The molecule has 24 heavy (non-hydrogen) atoms. The van der Waals surface area contributed by atoms with E-state index in [1.807, 2.05) is 0 Å². The zero-order valence-electron chi connectivity index (χ0n) is 11.5. The summed E-state index contributed by atoms with van der Waals surface area (Å²) in [5.74, 6) is 0. The summed E-state index contributed by atoms with van der Waals surface area (Å²) >= 11 is 60.0. The number of aryl methyl sites for hydroxylation is 1. The Labute approximate surface area is 190 Å². The van der Waals surface area contributed by atoms with E-state index < -0.39 is 16.3 Å². The molecule has 137 valence electrons. The van der Waals surface area contributed by atoms with Gasteiger partial charge in [0.1, 0.15) is 0 Å². The molecular weight excluding hydrogens is 527 g/mol. The molecule has 1 rings (SSSR count). The van der Waals surface area contributed by atoms with E-state index in [2.05, 4.69) is 0 Å². The Morgan fingerprint density at radius 3 is 1.67 bits per heavy atom. The minimum atomic E-state index is -2.08. The lowest BCUT2D eigenvalue weighted by Gasteiger charge is -2.33. The third-order valence-corrected chi connectivity index (χ3v) is 7.95. The molecule has 0 spiro atoms. The van der Waals surface area contributed by atoms with Crippen LogP contribution in [0.25, 0.3) is 0 Å². The molecule has 0 fully saturated rings. The highest BCUT2D eigenvalue weighted by atomic mass is 35.6. The molecule has 1 aromatic carbocycles. The molecule has 1 aromatic rings. The summed E-state index contributed by atoms with van der Waals surface area (Å²) in [5, 5.41) is 10.8. The predicted molar refractivity (Wildman–Crippen MR) is 108 cm³/mol. The Morgan fingerprint density at radius 1 is 0.750 bits per heavy atom. The fraction of sp³-hybridized carbons (Fsp3) is 0.538. The average molecular weight is 536 g/mol. The maximum absolute atomic E-state index is 10.8. The normalized spacial score (nSPS) is 14.1. The zero-order chi connectivity index (χ0) is 19.0. The van der Waals surface area contributed by atoms with Crippen LogP contribution in [0.15, 0.2) is 18.2 Å².